The molecule has 0 saturated carbocycles. The Morgan fingerprint density at radius 2 is 2.00 bits per heavy atom. The fraction of sp³-hybridized carbons (Fsp3) is 0.214. The van der Waals surface area contributed by atoms with E-state index in [9.17, 15) is 9.18 Å². The number of carbonyl (C=O) groups excluding carboxylic acids is 1. The van der Waals surface area contributed by atoms with Gasteiger partial charge in [0, 0.05) is 12.2 Å². The van der Waals surface area contributed by atoms with Crippen molar-refractivity contribution in [2.24, 2.45) is 0 Å². The summed E-state index contributed by atoms with van der Waals surface area (Å²) in [5, 5.41) is 10.8. The SMILES string of the molecule is Cc1nnc2sc(C(=O)NCc3ccc(F)cc3)c(C)n12. The van der Waals surface area contributed by atoms with E-state index >= 15 is 0 Å². The number of nitrogens with one attached hydrogen (secondary N) is 1. The van der Waals surface area contributed by atoms with Crippen molar-refractivity contribution in [3.8, 4) is 0 Å². The first kappa shape index (κ1) is 13.7. The molecule has 0 fully saturated rings. The van der Waals surface area contributed by atoms with Gasteiger partial charge in [0.15, 0.2) is 0 Å². The smallest absolute Gasteiger partial charge is 0.263 e. The molecule has 0 saturated heterocycles. The number of rotatable bonds is 3. The number of thiazole rings is 1. The second kappa shape index (κ2) is 5.25. The number of benzene rings is 1. The van der Waals surface area contributed by atoms with Crippen molar-refractivity contribution in [3.63, 3.8) is 0 Å². The van der Waals surface area contributed by atoms with E-state index in [2.05, 4.69) is 15.5 Å². The van der Waals surface area contributed by atoms with Crippen LogP contribution in [0.25, 0.3) is 4.96 Å². The minimum Gasteiger partial charge on any atom is -0.347 e. The predicted molar refractivity (Wildman–Crippen MR) is 77.9 cm³/mol. The van der Waals surface area contributed by atoms with Gasteiger partial charge in [-0.2, -0.15) is 0 Å². The maximum atomic E-state index is 12.8. The second-order valence-corrected chi connectivity index (χ2v) is 5.67. The lowest BCUT2D eigenvalue weighted by molar-refractivity contribution is 0.0954. The van der Waals surface area contributed by atoms with Crippen LogP contribution in [0.2, 0.25) is 0 Å². The molecule has 3 rings (SSSR count). The lowest BCUT2D eigenvalue weighted by atomic mass is 10.2. The molecule has 1 amide bonds. The van der Waals surface area contributed by atoms with E-state index in [0.717, 1.165) is 17.1 Å². The van der Waals surface area contributed by atoms with E-state index in [-0.39, 0.29) is 11.7 Å². The molecule has 1 aromatic carbocycles. The molecule has 5 nitrogen and oxygen atoms in total. The Morgan fingerprint density at radius 1 is 1.29 bits per heavy atom. The van der Waals surface area contributed by atoms with Crippen LogP contribution in [0.3, 0.4) is 0 Å². The Labute approximate surface area is 124 Å². The van der Waals surface area contributed by atoms with E-state index in [1.54, 1.807) is 12.1 Å². The zero-order valence-corrected chi connectivity index (χ0v) is 12.4. The van der Waals surface area contributed by atoms with Gasteiger partial charge in [-0.25, -0.2) is 4.39 Å². The van der Waals surface area contributed by atoms with Crippen molar-refractivity contribution in [3.05, 3.63) is 52.0 Å². The summed E-state index contributed by atoms with van der Waals surface area (Å²) in [5.41, 5.74) is 1.68. The quantitative estimate of drug-likeness (QED) is 0.808. The fourth-order valence-corrected chi connectivity index (χ4v) is 3.17. The van der Waals surface area contributed by atoms with Gasteiger partial charge in [-0.3, -0.25) is 9.20 Å². The first-order chi connectivity index (χ1) is 10.1. The second-order valence-electron chi connectivity index (χ2n) is 4.69. The molecule has 0 atom stereocenters. The van der Waals surface area contributed by atoms with E-state index in [1.807, 2.05) is 18.2 Å². The normalized spacial score (nSPS) is 11.0. The van der Waals surface area contributed by atoms with Gasteiger partial charge in [-0.15, -0.1) is 10.2 Å². The van der Waals surface area contributed by atoms with Crippen LogP contribution in [0, 0.1) is 19.7 Å². The summed E-state index contributed by atoms with van der Waals surface area (Å²) >= 11 is 1.31. The van der Waals surface area contributed by atoms with Crippen LogP contribution in [-0.2, 0) is 6.54 Å². The molecule has 0 radical (unpaired) electrons. The number of hydrogen-bond acceptors (Lipinski definition) is 4. The highest BCUT2D eigenvalue weighted by molar-refractivity contribution is 7.19. The van der Waals surface area contributed by atoms with Crippen LogP contribution in [-0.4, -0.2) is 20.5 Å². The lowest BCUT2D eigenvalue weighted by Crippen LogP contribution is -2.22. The molecule has 7 heteroatoms. The summed E-state index contributed by atoms with van der Waals surface area (Å²) in [4.78, 5) is 13.6. The van der Waals surface area contributed by atoms with E-state index < -0.39 is 0 Å². The summed E-state index contributed by atoms with van der Waals surface area (Å²) < 4.78 is 14.7. The molecule has 0 spiro atoms. The third-order valence-electron chi connectivity index (χ3n) is 3.23. The molecule has 0 aliphatic carbocycles. The van der Waals surface area contributed by atoms with Crippen LogP contribution in [0.15, 0.2) is 24.3 Å². The minimum atomic E-state index is -0.289. The van der Waals surface area contributed by atoms with Gasteiger partial charge in [-0.1, -0.05) is 23.5 Å². The topological polar surface area (TPSA) is 59.3 Å². The molecule has 3 aromatic rings. The van der Waals surface area contributed by atoms with Gasteiger partial charge >= 0.3 is 0 Å². The number of amides is 1. The van der Waals surface area contributed by atoms with Gasteiger partial charge < -0.3 is 5.32 Å². The van der Waals surface area contributed by atoms with Crippen molar-refractivity contribution in [2.75, 3.05) is 0 Å². The Bertz CT molecular complexity index is 806. The number of hydrogen-bond donors (Lipinski definition) is 1. The van der Waals surface area contributed by atoms with Crippen molar-refractivity contribution in [2.45, 2.75) is 20.4 Å². The average molecular weight is 304 g/mol. The Balaban J connectivity index is 1.77. The number of carbonyl (C=O) groups is 1. The molecule has 2 aromatic heterocycles. The van der Waals surface area contributed by atoms with Gasteiger partial charge in [0.2, 0.25) is 4.96 Å². The van der Waals surface area contributed by atoms with Crippen molar-refractivity contribution in [1.82, 2.24) is 19.9 Å². The molecule has 0 aliphatic rings. The summed E-state index contributed by atoms with van der Waals surface area (Å²) in [6.07, 6.45) is 0. The Hall–Kier alpha value is -2.28. The number of aryl methyl sites for hydroxylation is 2. The highest BCUT2D eigenvalue weighted by Crippen LogP contribution is 2.22. The largest absolute Gasteiger partial charge is 0.347 e. The van der Waals surface area contributed by atoms with Crippen molar-refractivity contribution < 1.29 is 9.18 Å². The molecule has 2 heterocycles. The molecule has 108 valence electrons. The summed E-state index contributed by atoms with van der Waals surface area (Å²) in [6, 6.07) is 6.05. The molecular formula is C14H13FN4OS. The minimum absolute atomic E-state index is 0.160. The number of halogens is 1. The van der Waals surface area contributed by atoms with Gasteiger partial charge in [0.1, 0.15) is 16.5 Å². The van der Waals surface area contributed by atoms with Crippen LogP contribution in [0.5, 0.6) is 0 Å². The summed E-state index contributed by atoms with van der Waals surface area (Å²) in [6.45, 7) is 4.07. The van der Waals surface area contributed by atoms with Crippen LogP contribution in [0.4, 0.5) is 4.39 Å². The van der Waals surface area contributed by atoms with Gasteiger partial charge in [-0.05, 0) is 31.5 Å². The predicted octanol–water partition coefficient (Wildman–Crippen LogP) is 2.48. The van der Waals surface area contributed by atoms with Crippen LogP contribution < -0.4 is 5.32 Å². The van der Waals surface area contributed by atoms with Crippen molar-refractivity contribution in [1.29, 1.82) is 0 Å². The van der Waals surface area contributed by atoms with E-state index in [1.165, 1.54) is 23.5 Å². The van der Waals surface area contributed by atoms with Gasteiger partial charge in [0.25, 0.3) is 5.91 Å². The maximum Gasteiger partial charge on any atom is 0.263 e. The molecule has 0 aliphatic heterocycles. The zero-order chi connectivity index (χ0) is 15.0. The molecule has 21 heavy (non-hydrogen) atoms. The summed E-state index contributed by atoms with van der Waals surface area (Å²) in [5.74, 6) is 0.312. The molecule has 0 unspecified atom stereocenters. The highest BCUT2D eigenvalue weighted by atomic mass is 32.1. The number of fused-ring (bicyclic) bond motifs is 1. The molecular weight excluding hydrogens is 291 g/mol. The van der Waals surface area contributed by atoms with Gasteiger partial charge in [0.05, 0.1) is 0 Å². The first-order valence-electron chi connectivity index (χ1n) is 6.40. The Kier molecular flexibility index (Phi) is 3.42. The third kappa shape index (κ3) is 2.52. The lowest BCUT2D eigenvalue weighted by Gasteiger charge is -2.04. The molecule has 1 N–H and O–H groups in total. The number of nitrogens with zero attached hydrogens (tertiary/aromatic N) is 3. The average Bonchev–Trinajstić information content (AvgIpc) is 2.99. The molecule has 0 bridgehead atoms. The maximum absolute atomic E-state index is 12.8. The third-order valence-corrected chi connectivity index (χ3v) is 4.36. The zero-order valence-electron chi connectivity index (χ0n) is 11.6. The standard InChI is InChI=1S/C14H13FN4OS/c1-8-12(21-14-18-17-9(2)19(8)14)13(20)16-7-10-3-5-11(15)6-4-10/h3-6H,7H2,1-2H3,(H,16,20). The number of aromatic nitrogens is 3. The Morgan fingerprint density at radius 3 is 2.67 bits per heavy atom. The van der Waals surface area contributed by atoms with Crippen LogP contribution >= 0.6 is 11.3 Å². The van der Waals surface area contributed by atoms with Crippen LogP contribution in [0.1, 0.15) is 26.8 Å². The summed E-state index contributed by atoms with van der Waals surface area (Å²) in [7, 11) is 0. The highest BCUT2D eigenvalue weighted by Gasteiger charge is 2.18. The van der Waals surface area contributed by atoms with E-state index in [4.69, 9.17) is 0 Å². The van der Waals surface area contributed by atoms with E-state index in [0.29, 0.717) is 16.4 Å². The van der Waals surface area contributed by atoms with Crippen molar-refractivity contribution >= 4 is 22.2 Å². The fourth-order valence-electron chi connectivity index (χ4n) is 2.14. The first-order valence-corrected chi connectivity index (χ1v) is 7.21. The monoisotopic (exact) mass is 304 g/mol.